The Morgan fingerprint density at radius 1 is 0.958 bits per heavy atom. The van der Waals surface area contributed by atoms with Gasteiger partial charge < -0.3 is 10.5 Å². The predicted octanol–water partition coefficient (Wildman–Crippen LogP) is 4.84. The average Bonchev–Trinajstić information content (AvgIpc) is 2.61. The SMILES string of the molecule is Cc1ccc(-c2ccc(OCc3ccccc3)c(CN)c2)c(F)c1. The molecule has 24 heavy (non-hydrogen) atoms. The molecular formula is C21H20FNO. The Morgan fingerprint density at radius 2 is 1.75 bits per heavy atom. The van der Waals surface area contributed by atoms with Crippen molar-refractivity contribution in [3.63, 3.8) is 0 Å². The largest absolute Gasteiger partial charge is 0.489 e. The topological polar surface area (TPSA) is 35.2 Å². The number of ether oxygens (including phenoxy) is 1. The van der Waals surface area contributed by atoms with Crippen molar-refractivity contribution in [1.82, 2.24) is 0 Å². The highest BCUT2D eigenvalue weighted by molar-refractivity contribution is 5.66. The molecule has 0 spiro atoms. The Kier molecular flexibility index (Phi) is 4.92. The standard InChI is InChI=1S/C21H20FNO/c1-15-7-9-19(20(22)11-15)17-8-10-21(18(12-17)13-23)24-14-16-5-3-2-4-6-16/h2-12H,13-14,23H2,1H3. The smallest absolute Gasteiger partial charge is 0.131 e. The first-order valence-electron chi connectivity index (χ1n) is 7.93. The van der Waals surface area contributed by atoms with Gasteiger partial charge in [-0.3, -0.25) is 0 Å². The molecule has 0 aliphatic carbocycles. The van der Waals surface area contributed by atoms with E-state index in [0.29, 0.717) is 18.7 Å². The minimum Gasteiger partial charge on any atom is -0.489 e. The zero-order chi connectivity index (χ0) is 16.9. The summed E-state index contributed by atoms with van der Waals surface area (Å²) in [5, 5.41) is 0. The summed E-state index contributed by atoms with van der Waals surface area (Å²) in [4.78, 5) is 0. The molecule has 0 saturated heterocycles. The molecule has 3 rings (SSSR count). The first-order chi connectivity index (χ1) is 11.7. The maximum atomic E-state index is 14.2. The third-order valence-electron chi connectivity index (χ3n) is 3.95. The van der Waals surface area contributed by atoms with Crippen LogP contribution < -0.4 is 10.5 Å². The number of hydrogen-bond donors (Lipinski definition) is 1. The van der Waals surface area contributed by atoms with Gasteiger partial charge in [0.1, 0.15) is 18.2 Å². The summed E-state index contributed by atoms with van der Waals surface area (Å²) >= 11 is 0. The van der Waals surface area contributed by atoms with E-state index in [1.165, 1.54) is 6.07 Å². The fraction of sp³-hybridized carbons (Fsp3) is 0.143. The van der Waals surface area contributed by atoms with Crippen molar-refractivity contribution >= 4 is 0 Å². The highest BCUT2D eigenvalue weighted by atomic mass is 19.1. The molecule has 0 atom stereocenters. The van der Waals surface area contributed by atoms with Gasteiger partial charge in [0.2, 0.25) is 0 Å². The number of benzene rings is 3. The second-order valence-corrected chi connectivity index (χ2v) is 5.78. The van der Waals surface area contributed by atoms with E-state index in [0.717, 1.165) is 28.0 Å². The van der Waals surface area contributed by atoms with Crippen LogP contribution in [0.3, 0.4) is 0 Å². The van der Waals surface area contributed by atoms with Gasteiger partial charge in [0, 0.05) is 17.7 Å². The normalized spacial score (nSPS) is 10.6. The summed E-state index contributed by atoms with van der Waals surface area (Å²) in [6, 6.07) is 20.8. The van der Waals surface area contributed by atoms with Crippen LogP contribution in [0.2, 0.25) is 0 Å². The first kappa shape index (κ1) is 16.2. The number of halogens is 1. The van der Waals surface area contributed by atoms with Gasteiger partial charge in [-0.2, -0.15) is 0 Å². The van der Waals surface area contributed by atoms with Crippen LogP contribution in [0.5, 0.6) is 5.75 Å². The monoisotopic (exact) mass is 321 g/mol. The van der Waals surface area contributed by atoms with E-state index in [1.807, 2.05) is 61.5 Å². The molecule has 2 N–H and O–H groups in total. The quantitative estimate of drug-likeness (QED) is 0.730. The molecule has 0 aliphatic rings. The minimum absolute atomic E-state index is 0.226. The highest BCUT2D eigenvalue weighted by Crippen LogP contribution is 2.29. The van der Waals surface area contributed by atoms with Crippen molar-refractivity contribution in [2.24, 2.45) is 5.73 Å². The van der Waals surface area contributed by atoms with E-state index < -0.39 is 0 Å². The van der Waals surface area contributed by atoms with Crippen molar-refractivity contribution in [3.8, 4) is 16.9 Å². The lowest BCUT2D eigenvalue weighted by molar-refractivity contribution is 0.303. The summed E-state index contributed by atoms with van der Waals surface area (Å²) in [6.07, 6.45) is 0. The predicted molar refractivity (Wildman–Crippen MR) is 95.2 cm³/mol. The summed E-state index contributed by atoms with van der Waals surface area (Å²) in [5.41, 5.74) is 10.1. The van der Waals surface area contributed by atoms with Gasteiger partial charge in [0.15, 0.2) is 0 Å². The summed E-state index contributed by atoms with van der Waals surface area (Å²) in [6.45, 7) is 2.69. The van der Waals surface area contributed by atoms with Crippen LogP contribution in [0.15, 0.2) is 66.7 Å². The van der Waals surface area contributed by atoms with E-state index in [9.17, 15) is 4.39 Å². The van der Waals surface area contributed by atoms with E-state index >= 15 is 0 Å². The van der Waals surface area contributed by atoms with Gasteiger partial charge in [-0.25, -0.2) is 4.39 Å². The highest BCUT2D eigenvalue weighted by Gasteiger charge is 2.09. The van der Waals surface area contributed by atoms with E-state index in [4.69, 9.17) is 10.5 Å². The molecule has 0 radical (unpaired) electrons. The Labute approximate surface area is 141 Å². The number of nitrogens with two attached hydrogens (primary N) is 1. The zero-order valence-electron chi connectivity index (χ0n) is 13.6. The maximum Gasteiger partial charge on any atom is 0.131 e. The molecule has 3 aromatic carbocycles. The van der Waals surface area contributed by atoms with Crippen LogP contribution >= 0.6 is 0 Å². The summed E-state index contributed by atoms with van der Waals surface area (Å²) < 4.78 is 20.1. The summed E-state index contributed by atoms with van der Waals surface area (Å²) in [5.74, 6) is 0.508. The fourth-order valence-corrected chi connectivity index (χ4v) is 2.64. The number of aryl methyl sites for hydroxylation is 1. The fourth-order valence-electron chi connectivity index (χ4n) is 2.64. The molecule has 0 bridgehead atoms. The van der Waals surface area contributed by atoms with Gasteiger partial charge in [0.25, 0.3) is 0 Å². The van der Waals surface area contributed by atoms with E-state index in [1.54, 1.807) is 6.07 Å². The van der Waals surface area contributed by atoms with Gasteiger partial charge >= 0.3 is 0 Å². The third-order valence-corrected chi connectivity index (χ3v) is 3.95. The molecule has 0 saturated carbocycles. The van der Waals surface area contributed by atoms with E-state index in [-0.39, 0.29) is 5.82 Å². The average molecular weight is 321 g/mol. The zero-order valence-corrected chi connectivity index (χ0v) is 13.6. The molecule has 0 aliphatic heterocycles. The van der Waals surface area contributed by atoms with Crippen LogP contribution in [0.1, 0.15) is 16.7 Å². The lowest BCUT2D eigenvalue weighted by atomic mass is 10.0. The summed E-state index contributed by atoms with van der Waals surface area (Å²) in [7, 11) is 0. The molecule has 3 heteroatoms. The number of hydrogen-bond acceptors (Lipinski definition) is 2. The molecule has 0 aromatic heterocycles. The molecule has 0 amide bonds. The van der Waals surface area contributed by atoms with Crippen molar-refractivity contribution in [1.29, 1.82) is 0 Å². The van der Waals surface area contributed by atoms with Gasteiger partial charge in [-0.05, 0) is 41.8 Å². The molecule has 122 valence electrons. The second kappa shape index (κ2) is 7.28. The third kappa shape index (κ3) is 3.63. The van der Waals surface area contributed by atoms with Crippen molar-refractivity contribution in [2.75, 3.05) is 0 Å². The Hall–Kier alpha value is -2.65. The second-order valence-electron chi connectivity index (χ2n) is 5.78. The van der Waals surface area contributed by atoms with Gasteiger partial charge in [-0.1, -0.05) is 48.5 Å². The molecular weight excluding hydrogens is 301 g/mol. The molecule has 0 fully saturated rings. The molecule has 2 nitrogen and oxygen atoms in total. The Balaban J connectivity index is 1.85. The van der Waals surface area contributed by atoms with Crippen molar-refractivity contribution in [2.45, 2.75) is 20.1 Å². The Morgan fingerprint density at radius 3 is 2.46 bits per heavy atom. The van der Waals surface area contributed by atoms with Crippen LogP contribution in [-0.4, -0.2) is 0 Å². The lowest BCUT2D eigenvalue weighted by Crippen LogP contribution is -2.03. The van der Waals surface area contributed by atoms with Crippen molar-refractivity contribution in [3.05, 3.63) is 89.2 Å². The van der Waals surface area contributed by atoms with Crippen LogP contribution in [0, 0.1) is 12.7 Å². The Bertz CT molecular complexity index is 830. The van der Waals surface area contributed by atoms with Crippen LogP contribution in [0.4, 0.5) is 4.39 Å². The van der Waals surface area contributed by atoms with Gasteiger partial charge in [0.05, 0.1) is 0 Å². The van der Waals surface area contributed by atoms with Crippen LogP contribution in [-0.2, 0) is 13.2 Å². The number of rotatable bonds is 5. The molecule has 0 heterocycles. The maximum absolute atomic E-state index is 14.2. The van der Waals surface area contributed by atoms with Crippen LogP contribution in [0.25, 0.3) is 11.1 Å². The lowest BCUT2D eigenvalue weighted by Gasteiger charge is -2.13. The minimum atomic E-state index is -0.226. The van der Waals surface area contributed by atoms with Crippen molar-refractivity contribution < 1.29 is 9.13 Å². The molecule has 0 unspecified atom stereocenters. The first-order valence-corrected chi connectivity index (χ1v) is 7.93. The molecule has 3 aromatic rings. The van der Waals surface area contributed by atoms with Gasteiger partial charge in [-0.15, -0.1) is 0 Å². The van der Waals surface area contributed by atoms with E-state index in [2.05, 4.69) is 0 Å².